The minimum atomic E-state index is -2.80. The maximum absolute atomic E-state index is 10.9. The van der Waals surface area contributed by atoms with Crippen molar-refractivity contribution < 1.29 is 56.7 Å². The van der Waals surface area contributed by atoms with Gasteiger partial charge in [0.1, 0.15) is 0 Å². The van der Waals surface area contributed by atoms with E-state index in [9.17, 15) is 19.2 Å². The number of hydrogen-bond acceptors (Lipinski definition) is 5. The summed E-state index contributed by atoms with van der Waals surface area (Å²) in [6, 6.07) is 0. The van der Waals surface area contributed by atoms with Crippen LogP contribution in [-0.4, -0.2) is 61.9 Å². The summed E-state index contributed by atoms with van der Waals surface area (Å²) in [6.45, 7) is 0. The van der Waals surface area contributed by atoms with Crippen molar-refractivity contribution in [1.29, 1.82) is 0 Å². The number of carbonyl (C=O) groups is 4. The SMILES string of the molecule is CN(C(=O)O)C(CCC(=O)O)(C(=O)O)C(=O)O.N.[Fe]. The Kier molecular flexibility index (Phi) is 9.76. The van der Waals surface area contributed by atoms with Gasteiger partial charge in [-0.25, -0.2) is 14.4 Å². The molecule has 7 N–H and O–H groups in total. The van der Waals surface area contributed by atoms with E-state index in [4.69, 9.17) is 20.4 Å². The first-order valence-electron chi connectivity index (χ1n) is 4.31. The molecule has 0 rings (SSSR count). The summed E-state index contributed by atoms with van der Waals surface area (Å²) in [7, 11) is 0.756. The summed E-state index contributed by atoms with van der Waals surface area (Å²) >= 11 is 0. The second kappa shape index (κ2) is 8.29. The van der Waals surface area contributed by atoms with Crippen LogP contribution >= 0.6 is 0 Å². The average Bonchev–Trinajstić information content (AvgIpc) is 2.16. The molecular weight excluding hydrogens is 308 g/mol. The van der Waals surface area contributed by atoms with Crippen LogP contribution in [0, 0.1) is 0 Å². The molecule has 10 nitrogen and oxygen atoms in total. The Morgan fingerprint density at radius 3 is 1.58 bits per heavy atom. The zero-order valence-electron chi connectivity index (χ0n) is 9.84. The molecule has 11 heteroatoms. The standard InChI is InChI=1S/C8H11NO8.Fe.H3N/c1-9(7(16)17)8(5(12)13,6(14)15)3-2-4(10)11;;/h2-3H2,1H3,(H,10,11)(H,12,13)(H,14,15)(H,16,17);;1H3. The molecule has 0 fully saturated rings. The Hall–Kier alpha value is -1.84. The molecule has 0 saturated carbocycles. The number of nitrogens with zero attached hydrogens (tertiary/aromatic N) is 1. The minimum absolute atomic E-state index is 0. The van der Waals surface area contributed by atoms with Crippen molar-refractivity contribution in [2.75, 3.05) is 7.05 Å². The van der Waals surface area contributed by atoms with Crippen molar-refractivity contribution >= 4 is 24.0 Å². The van der Waals surface area contributed by atoms with Gasteiger partial charge in [-0.1, -0.05) is 0 Å². The molecule has 19 heavy (non-hydrogen) atoms. The number of aliphatic carboxylic acids is 3. The van der Waals surface area contributed by atoms with Gasteiger partial charge in [-0.05, 0) is 0 Å². The first-order valence-corrected chi connectivity index (χ1v) is 4.31. The van der Waals surface area contributed by atoms with Gasteiger partial charge in [-0.3, -0.25) is 9.69 Å². The van der Waals surface area contributed by atoms with Gasteiger partial charge < -0.3 is 26.6 Å². The van der Waals surface area contributed by atoms with E-state index in [1.807, 2.05) is 0 Å². The Bertz CT molecular complexity index is 358. The van der Waals surface area contributed by atoms with Crippen LogP contribution < -0.4 is 6.15 Å². The fourth-order valence-corrected chi connectivity index (χ4v) is 1.21. The molecule has 0 aliphatic carbocycles. The normalized spacial score (nSPS) is 9.53. The van der Waals surface area contributed by atoms with Crippen LogP contribution in [-0.2, 0) is 31.5 Å². The van der Waals surface area contributed by atoms with Crippen LogP contribution in [0.15, 0.2) is 0 Å². The molecule has 0 aromatic heterocycles. The summed E-state index contributed by atoms with van der Waals surface area (Å²) in [5.74, 6) is -5.29. The first-order chi connectivity index (χ1) is 7.66. The van der Waals surface area contributed by atoms with E-state index in [0.29, 0.717) is 0 Å². The van der Waals surface area contributed by atoms with E-state index >= 15 is 0 Å². The third-order valence-corrected chi connectivity index (χ3v) is 2.27. The molecule has 0 aromatic rings. The quantitative estimate of drug-likeness (QED) is 0.318. The zero-order chi connectivity index (χ0) is 13.8. The number of likely N-dealkylation sites (N-methyl/N-ethyl adjacent to an activating group) is 1. The summed E-state index contributed by atoms with van der Waals surface area (Å²) in [5.41, 5.74) is -2.80. The topological polar surface area (TPSA) is 187 Å². The molecule has 0 saturated heterocycles. The van der Waals surface area contributed by atoms with E-state index < -0.39 is 42.4 Å². The summed E-state index contributed by atoms with van der Waals surface area (Å²) in [6.07, 6.45) is -3.42. The van der Waals surface area contributed by atoms with Crippen LogP contribution in [0.4, 0.5) is 4.79 Å². The van der Waals surface area contributed by atoms with Gasteiger partial charge in [0.15, 0.2) is 0 Å². The van der Waals surface area contributed by atoms with E-state index in [1.165, 1.54) is 0 Å². The van der Waals surface area contributed by atoms with Crippen molar-refractivity contribution in [2.45, 2.75) is 18.4 Å². The molecule has 0 atom stereocenters. The molecule has 112 valence electrons. The summed E-state index contributed by atoms with van der Waals surface area (Å²) in [4.78, 5) is 42.9. The van der Waals surface area contributed by atoms with Crippen LogP contribution in [0.1, 0.15) is 12.8 Å². The Morgan fingerprint density at radius 1 is 1.00 bits per heavy atom. The monoisotopic (exact) mass is 322 g/mol. The van der Waals surface area contributed by atoms with Crippen molar-refractivity contribution in [1.82, 2.24) is 11.1 Å². The van der Waals surface area contributed by atoms with Crippen LogP contribution in [0.25, 0.3) is 0 Å². The molecule has 0 aromatic carbocycles. The van der Waals surface area contributed by atoms with Gasteiger partial charge >= 0.3 is 24.0 Å². The molecular formula is C8H14FeN2O8. The Labute approximate surface area is 118 Å². The van der Waals surface area contributed by atoms with Gasteiger partial charge in [0.05, 0.1) is 0 Å². The molecule has 0 bridgehead atoms. The smallest absolute Gasteiger partial charge is 0.408 e. The summed E-state index contributed by atoms with van der Waals surface area (Å²) in [5, 5.41) is 34.7. The molecule has 0 heterocycles. The second-order valence-corrected chi connectivity index (χ2v) is 3.21. The predicted octanol–water partition coefficient (Wildman–Crippen LogP) is -0.471. The van der Waals surface area contributed by atoms with Crippen LogP contribution in [0.2, 0.25) is 0 Å². The first kappa shape index (κ1) is 22.3. The largest absolute Gasteiger partial charge is 0.481 e. The number of amides is 1. The Morgan fingerprint density at radius 2 is 1.37 bits per heavy atom. The second-order valence-electron chi connectivity index (χ2n) is 3.21. The van der Waals surface area contributed by atoms with Crippen molar-refractivity contribution in [2.24, 2.45) is 0 Å². The van der Waals surface area contributed by atoms with Gasteiger partial charge in [-0.2, -0.15) is 0 Å². The van der Waals surface area contributed by atoms with Crippen LogP contribution in [0.3, 0.4) is 0 Å². The summed E-state index contributed by atoms with van der Waals surface area (Å²) < 4.78 is 0. The number of carboxylic acids is 3. The molecule has 0 spiro atoms. The molecule has 0 radical (unpaired) electrons. The Balaban J connectivity index is -0.00000128. The van der Waals surface area contributed by atoms with Gasteiger partial charge in [0, 0.05) is 37.0 Å². The molecule has 0 unspecified atom stereocenters. The van der Waals surface area contributed by atoms with Crippen molar-refractivity contribution in [3.63, 3.8) is 0 Å². The minimum Gasteiger partial charge on any atom is -0.481 e. The number of rotatable bonds is 6. The molecule has 1 amide bonds. The average molecular weight is 322 g/mol. The van der Waals surface area contributed by atoms with E-state index in [0.717, 1.165) is 7.05 Å². The van der Waals surface area contributed by atoms with E-state index in [1.54, 1.807) is 0 Å². The predicted molar refractivity (Wildman–Crippen MR) is 55.7 cm³/mol. The number of carboxylic acid groups (broad SMARTS) is 4. The fraction of sp³-hybridized carbons (Fsp3) is 0.500. The maximum Gasteiger partial charge on any atom is 0.408 e. The van der Waals surface area contributed by atoms with Gasteiger partial charge in [0.2, 0.25) is 5.54 Å². The van der Waals surface area contributed by atoms with E-state index in [2.05, 4.69) is 0 Å². The van der Waals surface area contributed by atoms with Crippen LogP contribution in [0.5, 0.6) is 0 Å². The van der Waals surface area contributed by atoms with Crippen molar-refractivity contribution in [3.8, 4) is 0 Å². The molecule has 0 aliphatic rings. The molecule has 0 aliphatic heterocycles. The fourth-order valence-electron chi connectivity index (χ4n) is 1.21. The van der Waals surface area contributed by atoms with Gasteiger partial charge in [0.25, 0.3) is 0 Å². The van der Waals surface area contributed by atoms with Gasteiger partial charge in [-0.15, -0.1) is 0 Å². The van der Waals surface area contributed by atoms with E-state index in [-0.39, 0.29) is 28.1 Å². The van der Waals surface area contributed by atoms with Crippen molar-refractivity contribution in [3.05, 3.63) is 0 Å². The maximum atomic E-state index is 10.9. The zero-order valence-corrected chi connectivity index (χ0v) is 10.9. The third-order valence-electron chi connectivity index (χ3n) is 2.27. The third kappa shape index (κ3) is 4.73. The number of hydrogen-bond donors (Lipinski definition) is 5.